The van der Waals surface area contributed by atoms with E-state index < -0.39 is 25.2 Å². The first-order valence-corrected chi connectivity index (χ1v) is 12.2. The lowest BCUT2D eigenvalue weighted by Crippen LogP contribution is -2.43. The lowest BCUT2D eigenvalue weighted by atomic mass is 9.86. The van der Waals surface area contributed by atoms with Gasteiger partial charge in [0, 0.05) is 12.1 Å². The second-order valence-electron chi connectivity index (χ2n) is 9.43. The molecule has 0 radical (unpaired) electrons. The monoisotopic (exact) mass is 473 g/mol. The van der Waals surface area contributed by atoms with Gasteiger partial charge in [0.05, 0.1) is 0 Å². The second kappa shape index (κ2) is 12.5. The number of hydrogen-bond donors (Lipinski definition) is 2. The molecule has 2 fully saturated rings. The molecule has 2 saturated carbocycles. The Morgan fingerprint density at radius 1 is 0.765 bits per heavy atom. The van der Waals surface area contributed by atoms with Crippen LogP contribution in [0.4, 0.5) is 0 Å². The van der Waals surface area contributed by atoms with Crippen molar-refractivity contribution in [3.8, 4) is 0 Å². The van der Waals surface area contributed by atoms with Gasteiger partial charge >= 0.3 is 11.9 Å². The average Bonchev–Trinajstić information content (AvgIpc) is 2.84. The Kier molecular flexibility index (Phi) is 9.42. The number of nitrogens with zero attached hydrogens (tertiary/aromatic N) is 1. The first-order chi connectivity index (χ1) is 16.3. The quantitative estimate of drug-likeness (QED) is 0.557. The Morgan fingerprint density at radius 2 is 1.18 bits per heavy atom. The molecule has 34 heavy (non-hydrogen) atoms. The largest absolute Gasteiger partial charge is 0.451 e. The van der Waals surface area contributed by atoms with Gasteiger partial charge in [0.2, 0.25) is 0 Å². The van der Waals surface area contributed by atoms with Crippen molar-refractivity contribution < 1.29 is 28.7 Å². The van der Waals surface area contributed by atoms with Gasteiger partial charge in [0.15, 0.2) is 13.2 Å². The van der Waals surface area contributed by atoms with Crippen molar-refractivity contribution in [2.75, 3.05) is 13.2 Å². The topological polar surface area (TPSA) is 124 Å². The summed E-state index contributed by atoms with van der Waals surface area (Å²) in [4.78, 5) is 52.9. The summed E-state index contributed by atoms with van der Waals surface area (Å²) >= 11 is 0. The van der Waals surface area contributed by atoms with Crippen LogP contribution in [-0.2, 0) is 19.1 Å². The highest BCUT2D eigenvalue weighted by molar-refractivity contribution is 5.93. The van der Waals surface area contributed by atoms with Crippen LogP contribution in [0.25, 0.3) is 0 Å². The zero-order valence-electron chi connectivity index (χ0n) is 20.0. The molecule has 2 amide bonds. The van der Waals surface area contributed by atoms with Crippen LogP contribution in [0.5, 0.6) is 0 Å². The molecule has 1 aromatic rings. The lowest BCUT2D eigenvalue weighted by molar-refractivity contribution is -0.126. The van der Waals surface area contributed by atoms with E-state index in [1.165, 1.54) is 18.2 Å². The van der Waals surface area contributed by atoms with Crippen molar-refractivity contribution >= 4 is 23.8 Å². The molecule has 9 heteroatoms. The summed E-state index contributed by atoms with van der Waals surface area (Å²) in [6.45, 7) is 3.37. The van der Waals surface area contributed by atoms with E-state index in [4.69, 9.17) is 9.47 Å². The van der Waals surface area contributed by atoms with Gasteiger partial charge in [0.1, 0.15) is 11.4 Å². The Morgan fingerprint density at radius 3 is 1.59 bits per heavy atom. The van der Waals surface area contributed by atoms with E-state index in [9.17, 15) is 19.2 Å². The molecule has 0 saturated heterocycles. The predicted octanol–water partition coefficient (Wildman–Crippen LogP) is 2.79. The van der Waals surface area contributed by atoms with Crippen molar-refractivity contribution in [1.29, 1.82) is 0 Å². The fraction of sp³-hybridized carbons (Fsp3) is 0.640. The third-order valence-corrected chi connectivity index (χ3v) is 6.75. The lowest BCUT2D eigenvalue weighted by Gasteiger charge is -2.29. The minimum Gasteiger partial charge on any atom is -0.451 e. The zero-order chi connectivity index (χ0) is 24.5. The van der Waals surface area contributed by atoms with Gasteiger partial charge in [-0.15, -0.1) is 0 Å². The Balaban J connectivity index is 1.44. The molecule has 2 N–H and O–H groups in total. The summed E-state index contributed by atoms with van der Waals surface area (Å²) in [7, 11) is 0. The number of hydrogen-bond acceptors (Lipinski definition) is 7. The van der Waals surface area contributed by atoms with Gasteiger partial charge in [-0.05, 0) is 49.7 Å². The number of pyridine rings is 1. The van der Waals surface area contributed by atoms with Gasteiger partial charge < -0.3 is 20.1 Å². The Bertz CT molecular complexity index is 822. The van der Waals surface area contributed by atoms with Crippen LogP contribution < -0.4 is 10.6 Å². The molecule has 9 nitrogen and oxygen atoms in total. The second-order valence-corrected chi connectivity index (χ2v) is 9.43. The summed E-state index contributed by atoms with van der Waals surface area (Å²) in [5.41, 5.74) is -0.234. The predicted molar refractivity (Wildman–Crippen MR) is 124 cm³/mol. The average molecular weight is 474 g/mol. The van der Waals surface area contributed by atoms with Gasteiger partial charge in [-0.2, -0.15) is 0 Å². The molecule has 2 aliphatic rings. The molecule has 186 valence electrons. The maximum absolute atomic E-state index is 12.3. The molecule has 3 rings (SSSR count). The molecule has 0 bridgehead atoms. The summed E-state index contributed by atoms with van der Waals surface area (Å²) in [6, 6.07) is 4.42. The maximum atomic E-state index is 12.3. The van der Waals surface area contributed by atoms with Crippen molar-refractivity contribution in [1.82, 2.24) is 15.6 Å². The van der Waals surface area contributed by atoms with Crippen LogP contribution in [0, 0.1) is 11.8 Å². The molecule has 1 heterocycles. The van der Waals surface area contributed by atoms with Crippen LogP contribution in [0.2, 0.25) is 0 Å². The normalized spacial score (nSPS) is 24.5. The SMILES string of the molecule is CC1CCCCC1NC(=O)COC(=O)c1cccc(C(=O)OCC(=O)NC2CCCCC2C)n1. The van der Waals surface area contributed by atoms with Crippen molar-refractivity contribution in [2.24, 2.45) is 11.8 Å². The highest BCUT2D eigenvalue weighted by Crippen LogP contribution is 2.24. The van der Waals surface area contributed by atoms with Crippen molar-refractivity contribution in [3.63, 3.8) is 0 Å². The molecule has 2 aliphatic carbocycles. The Labute approximate surface area is 200 Å². The van der Waals surface area contributed by atoms with E-state index in [0.717, 1.165) is 51.4 Å². The fourth-order valence-corrected chi connectivity index (χ4v) is 4.63. The van der Waals surface area contributed by atoms with E-state index >= 15 is 0 Å². The maximum Gasteiger partial charge on any atom is 0.357 e. The molecule has 4 unspecified atom stereocenters. The molecule has 0 aromatic carbocycles. The molecular weight excluding hydrogens is 438 g/mol. The molecule has 4 atom stereocenters. The van der Waals surface area contributed by atoms with Gasteiger partial charge in [0.25, 0.3) is 11.8 Å². The minimum absolute atomic E-state index is 0.0923. The minimum atomic E-state index is -0.814. The summed E-state index contributed by atoms with van der Waals surface area (Å²) < 4.78 is 10.1. The summed E-state index contributed by atoms with van der Waals surface area (Å²) in [5, 5.41) is 5.83. The first-order valence-electron chi connectivity index (χ1n) is 12.2. The molecular formula is C25H35N3O6. The molecule has 0 aliphatic heterocycles. The first kappa shape index (κ1) is 25.6. The number of nitrogens with one attached hydrogen (secondary N) is 2. The van der Waals surface area contributed by atoms with Crippen LogP contribution in [0.15, 0.2) is 18.2 Å². The van der Waals surface area contributed by atoms with Gasteiger partial charge in [-0.1, -0.05) is 45.6 Å². The number of aromatic nitrogens is 1. The van der Waals surface area contributed by atoms with Crippen molar-refractivity contribution in [2.45, 2.75) is 77.3 Å². The van der Waals surface area contributed by atoms with Crippen LogP contribution in [0.3, 0.4) is 0 Å². The third-order valence-electron chi connectivity index (χ3n) is 6.75. The zero-order valence-corrected chi connectivity index (χ0v) is 20.0. The number of carbonyl (C=O) groups is 4. The van der Waals surface area contributed by atoms with Crippen LogP contribution >= 0.6 is 0 Å². The van der Waals surface area contributed by atoms with Crippen LogP contribution in [-0.4, -0.2) is 54.0 Å². The number of esters is 2. The van der Waals surface area contributed by atoms with Gasteiger partial charge in [-0.3, -0.25) is 9.59 Å². The third kappa shape index (κ3) is 7.53. The van der Waals surface area contributed by atoms with Crippen molar-refractivity contribution in [3.05, 3.63) is 29.6 Å². The number of ether oxygens (including phenoxy) is 2. The number of amides is 2. The highest BCUT2D eigenvalue weighted by atomic mass is 16.5. The smallest absolute Gasteiger partial charge is 0.357 e. The van der Waals surface area contributed by atoms with E-state index in [1.807, 2.05) is 0 Å². The Hall–Kier alpha value is -2.97. The van der Waals surface area contributed by atoms with E-state index in [-0.39, 0.29) is 35.3 Å². The summed E-state index contributed by atoms with van der Waals surface area (Å²) in [5.74, 6) is -1.56. The van der Waals surface area contributed by atoms with E-state index in [1.54, 1.807) is 0 Å². The van der Waals surface area contributed by atoms with Gasteiger partial charge in [-0.25, -0.2) is 14.6 Å². The van der Waals surface area contributed by atoms with E-state index in [0.29, 0.717) is 11.8 Å². The molecule has 1 aromatic heterocycles. The molecule has 0 spiro atoms. The highest BCUT2D eigenvalue weighted by Gasteiger charge is 2.25. The summed E-state index contributed by atoms with van der Waals surface area (Å²) in [6.07, 6.45) is 8.45. The van der Waals surface area contributed by atoms with Crippen LogP contribution in [0.1, 0.15) is 86.2 Å². The van der Waals surface area contributed by atoms with E-state index in [2.05, 4.69) is 29.5 Å². The number of rotatable bonds is 8. The fourth-order valence-electron chi connectivity index (χ4n) is 4.63. The number of carbonyl (C=O) groups excluding carboxylic acids is 4. The standard InChI is InChI=1S/C25H35N3O6/c1-16-8-3-5-10-18(16)27-22(29)14-33-24(31)20-12-7-13-21(26-20)25(32)34-15-23(30)28-19-11-6-4-9-17(19)2/h7,12-13,16-19H,3-6,8-11,14-15H2,1-2H3,(H,27,29)(H,28,30).